The van der Waals surface area contributed by atoms with Crippen LogP contribution in [0.5, 0.6) is 0 Å². The van der Waals surface area contributed by atoms with Crippen LogP contribution in [0.15, 0.2) is 35.5 Å². The van der Waals surface area contributed by atoms with Crippen LogP contribution in [-0.4, -0.2) is 9.78 Å². The van der Waals surface area contributed by atoms with Gasteiger partial charge in [-0.05, 0) is 31.0 Å². The van der Waals surface area contributed by atoms with Gasteiger partial charge in [0.15, 0.2) is 5.69 Å². The van der Waals surface area contributed by atoms with E-state index in [1.54, 1.807) is 0 Å². The standard InChI is InChI=1S/C13H15N3O/c1-10-13(15-17)11(2)16(14-10)9-8-12-6-4-3-5-7-12/h3-7H,8-9H2,1-2H3. The Kier molecular flexibility index (Phi) is 3.32. The van der Waals surface area contributed by atoms with Gasteiger partial charge in [-0.1, -0.05) is 30.3 Å². The number of benzene rings is 1. The van der Waals surface area contributed by atoms with Crippen molar-refractivity contribution in [3.63, 3.8) is 0 Å². The first-order valence-corrected chi connectivity index (χ1v) is 5.63. The predicted octanol–water partition coefficient (Wildman–Crippen LogP) is 3.14. The molecular weight excluding hydrogens is 214 g/mol. The van der Waals surface area contributed by atoms with Crippen molar-refractivity contribution < 1.29 is 0 Å². The summed E-state index contributed by atoms with van der Waals surface area (Å²) >= 11 is 0. The highest BCUT2D eigenvalue weighted by Gasteiger charge is 2.11. The lowest BCUT2D eigenvalue weighted by Gasteiger charge is -2.04. The van der Waals surface area contributed by atoms with Crippen molar-refractivity contribution >= 4 is 5.69 Å². The third-order valence-corrected chi connectivity index (χ3v) is 2.89. The molecule has 0 saturated carbocycles. The van der Waals surface area contributed by atoms with E-state index in [0.29, 0.717) is 11.4 Å². The zero-order valence-electron chi connectivity index (χ0n) is 10.1. The Bertz CT molecular complexity index is 517. The van der Waals surface area contributed by atoms with E-state index in [9.17, 15) is 4.91 Å². The van der Waals surface area contributed by atoms with Gasteiger partial charge in [-0.3, -0.25) is 4.68 Å². The van der Waals surface area contributed by atoms with Gasteiger partial charge in [0.25, 0.3) is 0 Å². The van der Waals surface area contributed by atoms with E-state index in [-0.39, 0.29) is 0 Å². The fourth-order valence-electron chi connectivity index (χ4n) is 1.92. The molecule has 0 bridgehead atoms. The average molecular weight is 229 g/mol. The maximum atomic E-state index is 10.6. The van der Waals surface area contributed by atoms with Crippen LogP contribution in [0.4, 0.5) is 5.69 Å². The fraction of sp³-hybridized carbons (Fsp3) is 0.308. The van der Waals surface area contributed by atoms with Crippen molar-refractivity contribution in [2.24, 2.45) is 5.18 Å². The highest BCUT2D eigenvalue weighted by molar-refractivity contribution is 5.45. The van der Waals surface area contributed by atoms with Gasteiger partial charge < -0.3 is 0 Å². The minimum Gasteiger partial charge on any atom is -0.267 e. The molecule has 0 unspecified atom stereocenters. The number of hydrogen-bond acceptors (Lipinski definition) is 3. The maximum absolute atomic E-state index is 10.6. The highest BCUT2D eigenvalue weighted by atomic mass is 16.3. The molecule has 2 aromatic rings. The third-order valence-electron chi connectivity index (χ3n) is 2.89. The number of aromatic nitrogens is 2. The van der Waals surface area contributed by atoms with Gasteiger partial charge in [0.05, 0.1) is 11.4 Å². The molecule has 0 aliphatic heterocycles. The maximum Gasteiger partial charge on any atom is 0.151 e. The summed E-state index contributed by atoms with van der Waals surface area (Å²) in [6, 6.07) is 10.2. The monoisotopic (exact) mass is 229 g/mol. The number of nitrogens with zero attached hydrogens (tertiary/aromatic N) is 3. The summed E-state index contributed by atoms with van der Waals surface area (Å²) in [5, 5.41) is 7.33. The zero-order chi connectivity index (χ0) is 12.3. The molecule has 4 nitrogen and oxygen atoms in total. The second kappa shape index (κ2) is 4.91. The van der Waals surface area contributed by atoms with Crippen LogP contribution in [-0.2, 0) is 13.0 Å². The molecule has 0 radical (unpaired) electrons. The minimum atomic E-state index is 0.470. The van der Waals surface area contributed by atoms with Crippen LogP contribution < -0.4 is 0 Å². The van der Waals surface area contributed by atoms with Crippen molar-refractivity contribution in [3.05, 3.63) is 52.2 Å². The molecule has 0 spiro atoms. The molecule has 0 fully saturated rings. The molecule has 4 heteroatoms. The third kappa shape index (κ3) is 2.41. The van der Waals surface area contributed by atoms with Crippen LogP contribution in [0.25, 0.3) is 0 Å². The van der Waals surface area contributed by atoms with Crippen molar-refractivity contribution in [3.8, 4) is 0 Å². The molecule has 2 rings (SSSR count). The van der Waals surface area contributed by atoms with E-state index < -0.39 is 0 Å². The van der Waals surface area contributed by atoms with Crippen LogP contribution >= 0.6 is 0 Å². The molecule has 1 aromatic heterocycles. The molecule has 0 aliphatic rings. The first-order valence-electron chi connectivity index (χ1n) is 5.63. The molecule has 1 aromatic carbocycles. The Balaban J connectivity index is 2.12. The second-order valence-electron chi connectivity index (χ2n) is 4.07. The zero-order valence-corrected chi connectivity index (χ0v) is 10.1. The Morgan fingerprint density at radius 2 is 1.94 bits per heavy atom. The Labute approximate surface area is 100 Å². The first kappa shape index (κ1) is 11.5. The highest BCUT2D eigenvalue weighted by Crippen LogP contribution is 2.22. The summed E-state index contributed by atoms with van der Waals surface area (Å²) in [4.78, 5) is 10.6. The molecule has 0 aliphatic carbocycles. The van der Waals surface area contributed by atoms with Gasteiger partial charge in [-0.25, -0.2) is 0 Å². The molecule has 17 heavy (non-hydrogen) atoms. The van der Waals surface area contributed by atoms with Gasteiger partial charge in [0, 0.05) is 6.54 Å². The lowest BCUT2D eigenvalue weighted by molar-refractivity contribution is 0.594. The lowest BCUT2D eigenvalue weighted by Crippen LogP contribution is -2.05. The topological polar surface area (TPSA) is 47.2 Å². The number of hydrogen-bond donors (Lipinski definition) is 0. The van der Waals surface area contributed by atoms with Gasteiger partial charge in [-0.15, -0.1) is 4.91 Å². The normalized spacial score (nSPS) is 10.5. The quantitative estimate of drug-likeness (QED) is 0.756. The Hall–Kier alpha value is -1.97. The molecule has 0 saturated heterocycles. The van der Waals surface area contributed by atoms with Crippen molar-refractivity contribution in [2.45, 2.75) is 26.8 Å². The van der Waals surface area contributed by atoms with E-state index in [1.807, 2.05) is 36.7 Å². The molecule has 0 N–H and O–H groups in total. The number of aryl methyl sites for hydroxylation is 3. The molecule has 0 amide bonds. The molecule has 88 valence electrons. The van der Waals surface area contributed by atoms with Crippen molar-refractivity contribution in [1.29, 1.82) is 0 Å². The summed E-state index contributed by atoms with van der Waals surface area (Å²) in [5.74, 6) is 0. The predicted molar refractivity (Wildman–Crippen MR) is 67.3 cm³/mol. The van der Waals surface area contributed by atoms with Crippen LogP contribution in [0.3, 0.4) is 0 Å². The van der Waals surface area contributed by atoms with Crippen LogP contribution in [0.2, 0.25) is 0 Å². The van der Waals surface area contributed by atoms with Crippen molar-refractivity contribution in [1.82, 2.24) is 9.78 Å². The van der Waals surface area contributed by atoms with E-state index in [2.05, 4.69) is 22.4 Å². The lowest BCUT2D eigenvalue weighted by atomic mass is 10.1. The van der Waals surface area contributed by atoms with E-state index in [4.69, 9.17) is 0 Å². The Morgan fingerprint density at radius 1 is 1.24 bits per heavy atom. The largest absolute Gasteiger partial charge is 0.267 e. The summed E-state index contributed by atoms with van der Waals surface area (Å²) in [6.45, 7) is 4.46. The summed E-state index contributed by atoms with van der Waals surface area (Å²) < 4.78 is 1.85. The summed E-state index contributed by atoms with van der Waals surface area (Å²) in [7, 11) is 0. The first-order chi connectivity index (χ1) is 8.22. The summed E-state index contributed by atoms with van der Waals surface area (Å²) in [5.41, 5.74) is 3.28. The van der Waals surface area contributed by atoms with Crippen molar-refractivity contribution in [2.75, 3.05) is 0 Å². The van der Waals surface area contributed by atoms with Gasteiger partial charge in [0.2, 0.25) is 0 Å². The Morgan fingerprint density at radius 3 is 2.53 bits per heavy atom. The summed E-state index contributed by atoms with van der Waals surface area (Å²) in [6.07, 6.45) is 0.904. The van der Waals surface area contributed by atoms with E-state index in [0.717, 1.165) is 18.7 Å². The molecular formula is C13H15N3O. The van der Waals surface area contributed by atoms with Crippen LogP contribution in [0.1, 0.15) is 17.0 Å². The number of nitroso groups, excluding NO2 is 1. The second-order valence-corrected chi connectivity index (χ2v) is 4.07. The minimum absolute atomic E-state index is 0.470. The smallest absolute Gasteiger partial charge is 0.151 e. The van der Waals surface area contributed by atoms with Crippen LogP contribution in [0, 0.1) is 18.8 Å². The van der Waals surface area contributed by atoms with Gasteiger partial charge in [0.1, 0.15) is 0 Å². The van der Waals surface area contributed by atoms with Gasteiger partial charge >= 0.3 is 0 Å². The van der Waals surface area contributed by atoms with Gasteiger partial charge in [-0.2, -0.15) is 5.10 Å². The molecule has 0 atom stereocenters. The number of rotatable bonds is 4. The fourth-order valence-corrected chi connectivity index (χ4v) is 1.92. The molecule has 1 heterocycles. The van der Waals surface area contributed by atoms with E-state index in [1.165, 1.54) is 5.56 Å². The average Bonchev–Trinajstić information content (AvgIpc) is 2.63. The SMILES string of the molecule is Cc1nn(CCc2ccccc2)c(C)c1N=O. The van der Waals surface area contributed by atoms with E-state index >= 15 is 0 Å².